The normalized spacial score (nSPS) is 10.7. The minimum atomic E-state index is -0.475. The highest BCUT2D eigenvalue weighted by Crippen LogP contribution is 2.26. The van der Waals surface area contributed by atoms with Gasteiger partial charge in [-0.25, -0.2) is 9.37 Å². The molecule has 0 fully saturated rings. The van der Waals surface area contributed by atoms with Crippen molar-refractivity contribution in [1.29, 1.82) is 0 Å². The van der Waals surface area contributed by atoms with Crippen molar-refractivity contribution in [3.8, 4) is 0 Å². The van der Waals surface area contributed by atoms with Crippen molar-refractivity contribution in [2.75, 3.05) is 17.2 Å². The molecular weight excluding hydrogens is 275 g/mol. The van der Waals surface area contributed by atoms with Gasteiger partial charge in [-0.1, -0.05) is 0 Å². The maximum Gasteiger partial charge on any atom is 0.224 e. The number of nitrogens with zero attached hydrogens (tertiary/aromatic N) is 2. The van der Waals surface area contributed by atoms with Gasteiger partial charge in [-0.05, 0) is 42.0 Å². The summed E-state index contributed by atoms with van der Waals surface area (Å²) in [6.07, 6.45) is 1.16. The molecule has 3 aromatic rings. The Hall–Kier alpha value is -2.21. The Balaban J connectivity index is 1.91. The first-order chi connectivity index (χ1) is 9.76. The number of rotatable bonds is 4. The van der Waals surface area contributed by atoms with E-state index >= 15 is 0 Å². The number of halogens is 1. The third-order valence-electron chi connectivity index (χ3n) is 2.79. The summed E-state index contributed by atoms with van der Waals surface area (Å²) in [5.74, 6) is 0.107. The van der Waals surface area contributed by atoms with Crippen LogP contribution in [0.2, 0.25) is 0 Å². The smallest absolute Gasteiger partial charge is 0.224 e. The number of thiophene rings is 1. The molecule has 0 aliphatic rings. The monoisotopic (exact) mass is 288 g/mol. The molecule has 0 aliphatic carbocycles. The average molecular weight is 288 g/mol. The SMILES string of the molecule is CCNc1ncc(F)c(Nc2ccc3sccc3c2)n1. The van der Waals surface area contributed by atoms with Crippen molar-refractivity contribution in [2.45, 2.75) is 6.92 Å². The average Bonchev–Trinajstić information content (AvgIpc) is 2.90. The Kier molecular flexibility index (Phi) is 3.47. The van der Waals surface area contributed by atoms with Crippen LogP contribution in [0.1, 0.15) is 6.92 Å². The Morgan fingerprint density at radius 1 is 1.30 bits per heavy atom. The van der Waals surface area contributed by atoms with Crippen LogP contribution in [0.3, 0.4) is 0 Å². The van der Waals surface area contributed by atoms with E-state index in [0.29, 0.717) is 12.5 Å². The zero-order chi connectivity index (χ0) is 13.9. The molecule has 4 nitrogen and oxygen atoms in total. The summed E-state index contributed by atoms with van der Waals surface area (Å²) < 4.78 is 14.9. The maximum absolute atomic E-state index is 13.7. The van der Waals surface area contributed by atoms with Crippen LogP contribution in [0.15, 0.2) is 35.8 Å². The van der Waals surface area contributed by atoms with Crippen molar-refractivity contribution in [3.63, 3.8) is 0 Å². The van der Waals surface area contributed by atoms with Crippen LogP contribution in [-0.4, -0.2) is 16.5 Å². The first kappa shape index (κ1) is 12.8. The van der Waals surface area contributed by atoms with Crippen LogP contribution >= 0.6 is 11.3 Å². The summed E-state index contributed by atoms with van der Waals surface area (Å²) in [5, 5.41) is 9.11. The molecule has 0 saturated heterocycles. The number of anilines is 3. The van der Waals surface area contributed by atoms with E-state index in [1.807, 2.05) is 36.6 Å². The van der Waals surface area contributed by atoms with Gasteiger partial charge in [0.05, 0.1) is 6.20 Å². The second kappa shape index (κ2) is 5.42. The highest BCUT2D eigenvalue weighted by Gasteiger charge is 2.07. The van der Waals surface area contributed by atoms with Crippen LogP contribution in [-0.2, 0) is 0 Å². The highest BCUT2D eigenvalue weighted by atomic mass is 32.1. The maximum atomic E-state index is 13.7. The summed E-state index contributed by atoms with van der Waals surface area (Å²) in [5.41, 5.74) is 0.802. The molecule has 0 radical (unpaired) electrons. The molecule has 0 atom stereocenters. The minimum absolute atomic E-state index is 0.172. The van der Waals surface area contributed by atoms with Crippen molar-refractivity contribution >= 4 is 38.9 Å². The van der Waals surface area contributed by atoms with E-state index in [4.69, 9.17) is 0 Å². The lowest BCUT2D eigenvalue weighted by Crippen LogP contribution is -2.05. The topological polar surface area (TPSA) is 49.8 Å². The van der Waals surface area contributed by atoms with Crippen LogP contribution in [0.4, 0.5) is 21.8 Å². The number of benzene rings is 1. The van der Waals surface area contributed by atoms with Gasteiger partial charge in [0.2, 0.25) is 5.95 Å². The van der Waals surface area contributed by atoms with Gasteiger partial charge in [0.1, 0.15) is 0 Å². The van der Waals surface area contributed by atoms with Crippen LogP contribution in [0, 0.1) is 5.82 Å². The molecule has 0 aliphatic heterocycles. The molecule has 2 N–H and O–H groups in total. The van der Waals surface area contributed by atoms with Crippen molar-refractivity contribution < 1.29 is 4.39 Å². The highest BCUT2D eigenvalue weighted by molar-refractivity contribution is 7.17. The van der Waals surface area contributed by atoms with Gasteiger partial charge in [-0.15, -0.1) is 11.3 Å². The summed E-state index contributed by atoms with van der Waals surface area (Å²) >= 11 is 1.68. The van der Waals surface area contributed by atoms with Crippen LogP contribution in [0.25, 0.3) is 10.1 Å². The summed E-state index contributed by atoms with van der Waals surface area (Å²) in [4.78, 5) is 8.00. The molecule has 0 bridgehead atoms. The fourth-order valence-corrected chi connectivity index (χ4v) is 2.65. The fraction of sp³-hybridized carbons (Fsp3) is 0.143. The molecule has 2 heterocycles. The van der Waals surface area contributed by atoms with Gasteiger partial charge in [0.25, 0.3) is 0 Å². The zero-order valence-electron chi connectivity index (χ0n) is 10.9. The number of fused-ring (bicyclic) bond motifs is 1. The predicted molar refractivity (Wildman–Crippen MR) is 81.3 cm³/mol. The molecular formula is C14H13FN4S. The number of aromatic nitrogens is 2. The number of hydrogen-bond acceptors (Lipinski definition) is 5. The standard InChI is InChI=1S/C14H13FN4S/c1-2-16-14-17-8-11(15)13(19-14)18-10-3-4-12-9(7-10)5-6-20-12/h3-8H,2H2,1H3,(H2,16,17,18,19). The largest absolute Gasteiger partial charge is 0.354 e. The van der Waals surface area contributed by atoms with Gasteiger partial charge in [-0.2, -0.15) is 4.98 Å². The molecule has 6 heteroatoms. The third-order valence-corrected chi connectivity index (χ3v) is 3.69. The van der Waals surface area contributed by atoms with Crippen molar-refractivity contribution in [2.24, 2.45) is 0 Å². The quantitative estimate of drug-likeness (QED) is 0.761. The van der Waals surface area contributed by atoms with Gasteiger partial charge in [0.15, 0.2) is 11.6 Å². The van der Waals surface area contributed by atoms with Crippen molar-refractivity contribution in [1.82, 2.24) is 9.97 Å². The molecule has 20 heavy (non-hydrogen) atoms. The zero-order valence-corrected chi connectivity index (χ0v) is 11.7. The lowest BCUT2D eigenvalue weighted by Gasteiger charge is -2.08. The Labute approximate surface area is 119 Å². The summed E-state index contributed by atoms with van der Waals surface area (Å²) in [6, 6.07) is 7.92. The van der Waals surface area contributed by atoms with E-state index in [-0.39, 0.29) is 5.82 Å². The molecule has 1 aromatic carbocycles. The second-order valence-corrected chi connectivity index (χ2v) is 5.17. The molecule has 0 unspecified atom stereocenters. The Bertz CT molecular complexity index is 741. The van der Waals surface area contributed by atoms with E-state index < -0.39 is 5.82 Å². The predicted octanol–water partition coefficient (Wildman–Crippen LogP) is 4.01. The molecule has 3 rings (SSSR count). The summed E-state index contributed by atoms with van der Waals surface area (Å²) in [7, 11) is 0. The van der Waals surface area contributed by atoms with Crippen LogP contribution in [0.5, 0.6) is 0 Å². The van der Waals surface area contributed by atoms with E-state index in [2.05, 4.69) is 20.6 Å². The van der Waals surface area contributed by atoms with E-state index in [1.54, 1.807) is 11.3 Å². The first-order valence-electron chi connectivity index (χ1n) is 6.27. The van der Waals surface area contributed by atoms with Gasteiger partial charge >= 0.3 is 0 Å². The molecule has 102 valence electrons. The van der Waals surface area contributed by atoms with E-state index in [9.17, 15) is 4.39 Å². The van der Waals surface area contributed by atoms with Gasteiger partial charge in [-0.3, -0.25) is 0 Å². The Morgan fingerprint density at radius 3 is 3.05 bits per heavy atom. The van der Waals surface area contributed by atoms with Crippen LogP contribution < -0.4 is 10.6 Å². The second-order valence-electron chi connectivity index (χ2n) is 4.22. The van der Waals surface area contributed by atoms with Gasteiger partial charge in [0, 0.05) is 16.9 Å². The minimum Gasteiger partial charge on any atom is -0.354 e. The molecule has 0 saturated carbocycles. The fourth-order valence-electron chi connectivity index (χ4n) is 1.88. The lowest BCUT2D eigenvalue weighted by molar-refractivity contribution is 0.619. The Morgan fingerprint density at radius 2 is 2.20 bits per heavy atom. The molecule has 0 spiro atoms. The third kappa shape index (κ3) is 2.55. The number of nitrogens with one attached hydrogen (secondary N) is 2. The first-order valence-corrected chi connectivity index (χ1v) is 7.15. The molecule has 0 amide bonds. The van der Waals surface area contributed by atoms with Crippen molar-refractivity contribution in [3.05, 3.63) is 41.7 Å². The van der Waals surface area contributed by atoms with E-state index in [0.717, 1.165) is 17.3 Å². The summed E-state index contributed by atoms with van der Waals surface area (Å²) in [6.45, 7) is 2.62. The molecule has 2 aromatic heterocycles. The lowest BCUT2D eigenvalue weighted by atomic mass is 10.2. The van der Waals surface area contributed by atoms with Gasteiger partial charge < -0.3 is 10.6 Å². The van der Waals surface area contributed by atoms with E-state index in [1.165, 1.54) is 4.70 Å². The number of hydrogen-bond donors (Lipinski definition) is 2.